The first-order chi connectivity index (χ1) is 13.6. The van der Waals surface area contributed by atoms with Gasteiger partial charge in [0.2, 0.25) is 0 Å². The fourth-order valence-electron chi connectivity index (χ4n) is 8.57. The van der Waals surface area contributed by atoms with Crippen LogP contribution in [-0.2, 0) is 0 Å². The number of rotatable bonds is 4. The molecule has 0 radical (unpaired) electrons. The van der Waals surface area contributed by atoms with Crippen LogP contribution in [0.1, 0.15) is 98.8 Å². The van der Waals surface area contributed by atoms with Crippen LogP contribution in [0.5, 0.6) is 0 Å². The van der Waals surface area contributed by atoms with Crippen LogP contribution in [0.4, 0.5) is 0 Å². The van der Waals surface area contributed by atoms with E-state index in [1.165, 1.54) is 50.5 Å². The Hall–Kier alpha value is -0.340. The molecule has 0 saturated heterocycles. The topological polar surface area (TPSA) is 40.5 Å². The molecule has 3 saturated carbocycles. The predicted octanol–water partition coefficient (Wildman–Crippen LogP) is 6.36. The zero-order valence-electron chi connectivity index (χ0n) is 19.7. The van der Waals surface area contributed by atoms with Gasteiger partial charge in [-0.15, -0.1) is 0 Å². The Bertz CT molecular complexity index is 631. The van der Waals surface area contributed by atoms with Crippen LogP contribution in [0, 0.1) is 45.8 Å². The molecule has 0 aromatic carbocycles. The van der Waals surface area contributed by atoms with Gasteiger partial charge in [-0.25, -0.2) is 0 Å². The smallest absolute Gasteiger partial charge is 0.0577 e. The van der Waals surface area contributed by atoms with E-state index < -0.39 is 0 Å². The molecule has 4 aliphatic rings. The Morgan fingerprint density at radius 3 is 2.55 bits per heavy atom. The Balaban J connectivity index is 1.54. The number of hydrogen-bond acceptors (Lipinski definition) is 2. The number of hydrogen-bond donors (Lipinski definition) is 2. The second kappa shape index (κ2) is 7.66. The highest BCUT2D eigenvalue weighted by Gasteiger charge is 2.60. The zero-order chi connectivity index (χ0) is 21.0. The summed E-state index contributed by atoms with van der Waals surface area (Å²) in [6.45, 7) is 12.6. The van der Waals surface area contributed by atoms with Crippen molar-refractivity contribution < 1.29 is 10.2 Å². The molecule has 0 aromatic heterocycles. The van der Waals surface area contributed by atoms with Crippen molar-refractivity contribution >= 4 is 0 Å². The molecule has 8 atom stereocenters. The summed E-state index contributed by atoms with van der Waals surface area (Å²) in [6.07, 6.45) is 14.3. The van der Waals surface area contributed by atoms with Crippen molar-refractivity contribution in [2.75, 3.05) is 6.61 Å². The molecule has 0 bridgehead atoms. The molecule has 0 unspecified atom stereocenters. The largest absolute Gasteiger partial charge is 0.395 e. The number of allylic oxidation sites excluding steroid dienone is 1. The molecule has 3 fully saturated rings. The SMILES string of the molecule is C[C@H](CCC(C)(C)C)[C@H]1CC[C@H]2[C@@H]3CC=C4C[C@@H](O)CC[C@]4(CO)[C@H]3CC[C@]12C. The highest BCUT2D eigenvalue weighted by Crippen LogP contribution is 2.67. The number of fused-ring (bicyclic) bond motifs is 5. The van der Waals surface area contributed by atoms with E-state index in [0.29, 0.717) is 23.4 Å². The lowest BCUT2D eigenvalue weighted by Crippen LogP contribution is -2.53. The zero-order valence-corrected chi connectivity index (χ0v) is 19.7. The molecular formula is C27H46O2. The standard InChI is InChI=1S/C27H46O2/c1-18(10-13-25(2,3)4)22-8-9-23-21-7-6-19-16-20(29)11-15-27(19,17-28)24(21)12-14-26(22,23)5/h6,18,20-24,28-29H,7-17H2,1-5H3/t18-,20+,21+,22-,23+,24+,26-,27-/m1/s1. The van der Waals surface area contributed by atoms with Crippen LogP contribution < -0.4 is 0 Å². The molecule has 0 heterocycles. The monoisotopic (exact) mass is 402 g/mol. The van der Waals surface area contributed by atoms with Crippen LogP contribution in [0.2, 0.25) is 0 Å². The highest BCUT2D eigenvalue weighted by atomic mass is 16.3. The van der Waals surface area contributed by atoms with Crippen LogP contribution >= 0.6 is 0 Å². The van der Waals surface area contributed by atoms with Gasteiger partial charge in [0.1, 0.15) is 0 Å². The predicted molar refractivity (Wildman–Crippen MR) is 120 cm³/mol. The highest BCUT2D eigenvalue weighted by molar-refractivity contribution is 5.26. The van der Waals surface area contributed by atoms with Crippen LogP contribution in [0.25, 0.3) is 0 Å². The van der Waals surface area contributed by atoms with Gasteiger partial charge in [0.15, 0.2) is 0 Å². The molecule has 0 amide bonds. The Morgan fingerprint density at radius 1 is 1.10 bits per heavy atom. The van der Waals surface area contributed by atoms with Crippen molar-refractivity contribution in [2.24, 2.45) is 45.8 Å². The first-order valence-corrected chi connectivity index (χ1v) is 12.6. The summed E-state index contributed by atoms with van der Waals surface area (Å²) >= 11 is 0. The maximum atomic E-state index is 10.6. The maximum absolute atomic E-state index is 10.6. The lowest BCUT2D eigenvalue weighted by molar-refractivity contribution is -0.0797. The van der Waals surface area contributed by atoms with Crippen molar-refractivity contribution in [3.63, 3.8) is 0 Å². The lowest BCUT2D eigenvalue weighted by atomic mass is 9.46. The van der Waals surface area contributed by atoms with Crippen molar-refractivity contribution in [3.05, 3.63) is 11.6 Å². The molecule has 4 aliphatic carbocycles. The molecule has 2 heteroatoms. The van der Waals surface area contributed by atoms with E-state index >= 15 is 0 Å². The molecule has 0 aliphatic heterocycles. The molecular weight excluding hydrogens is 356 g/mol. The van der Waals surface area contributed by atoms with Gasteiger partial charge in [0.05, 0.1) is 12.7 Å². The number of aliphatic hydroxyl groups excluding tert-OH is 2. The molecule has 166 valence electrons. The lowest BCUT2D eigenvalue weighted by Gasteiger charge is -2.59. The van der Waals surface area contributed by atoms with Crippen LogP contribution in [-0.4, -0.2) is 22.9 Å². The minimum atomic E-state index is -0.189. The molecule has 2 nitrogen and oxygen atoms in total. The average molecular weight is 403 g/mol. The van der Waals surface area contributed by atoms with E-state index in [0.717, 1.165) is 42.9 Å². The third-order valence-corrected chi connectivity index (χ3v) is 10.2. The summed E-state index contributed by atoms with van der Waals surface area (Å²) in [6, 6.07) is 0. The Morgan fingerprint density at radius 2 is 1.86 bits per heavy atom. The summed E-state index contributed by atoms with van der Waals surface area (Å²) in [5.74, 6) is 3.92. The van der Waals surface area contributed by atoms with Crippen molar-refractivity contribution in [1.82, 2.24) is 0 Å². The normalized spacial score (nSPS) is 45.8. The van der Waals surface area contributed by atoms with E-state index in [4.69, 9.17) is 0 Å². The van der Waals surface area contributed by atoms with Gasteiger partial charge in [-0.2, -0.15) is 0 Å². The Kier molecular flexibility index (Phi) is 5.78. The summed E-state index contributed by atoms with van der Waals surface area (Å²) in [5.41, 5.74) is 2.32. The first-order valence-electron chi connectivity index (χ1n) is 12.6. The van der Waals surface area contributed by atoms with Crippen LogP contribution in [0.3, 0.4) is 0 Å². The molecule has 0 spiro atoms. The van der Waals surface area contributed by atoms with Crippen molar-refractivity contribution in [2.45, 2.75) is 105 Å². The second-order valence-corrected chi connectivity index (χ2v) is 12.9. The quantitative estimate of drug-likeness (QED) is 0.537. The molecule has 2 N–H and O–H groups in total. The minimum absolute atomic E-state index is 0.0145. The van der Waals surface area contributed by atoms with Gasteiger partial charge in [-0.1, -0.05) is 46.3 Å². The molecule has 0 aromatic rings. The van der Waals surface area contributed by atoms with Gasteiger partial charge in [-0.3, -0.25) is 0 Å². The molecule has 4 rings (SSSR count). The summed E-state index contributed by atoms with van der Waals surface area (Å²) in [7, 11) is 0. The third-order valence-electron chi connectivity index (χ3n) is 10.2. The van der Waals surface area contributed by atoms with E-state index in [9.17, 15) is 10.2 Å². The van der Waals surface area contributed by atoms with E-state index in [2.05, 4.69) is 40.7 Å². The van der Waals surface area contributed by atoms with Crippen molar-refractivity contribution in [3.8, 4) is 0 Å². The fraction of sp³-hybridized carbons (Fsp3) is 0.926. The van der Waals surface area contributed by atoms with E-state index in [1.54, 1.807) is 0 Å². The first kappa shape index (κ1) is 21.9. The van der Waals surface area contributed by atoms with Crippen molar-refractivity contribution in [1.29, 1.82) is 0 Å². The van der Waals surface area contributed by atoms with E-state index in [-0.39, 0.29) is 11.5 Å². The van der Waals surface area contributed by atoms with Crippen LogP contribution in [0.15, 0.2) is 11.6 Å². The Labute approximate surface area is 179 Å². The number of aliphatic hydroxyl groups is 2. The van der Waals surface area contributed by atoms with Gasteiger partial charge in [0, 0.05) is 5.41 Å². The minimum Gasteiger partial charge on any atom is -0.395 e. The summed E-state index contributed by atoms with van der Waals surface area (Å²) in [4.78, 5) is 0. The third kappa shape index (κ3) is 3.65. The van der Waals surface area contributed by atoms with Gasteiger partial charge in [0.25, 0.3) is 0 Å². The fourth-order valence-corrected chi connectivity index (χ4v) is 8.57. The van der Waals surface area contributed by atoms with Gasteiger partial charge in [-0.05, 0) is 105 Å². The van der Waals surface area contributed by atoms with E-state index in [1.807, 2.05) is 0 Å². The van der Waals surface area contributed by atoms with Gasteiger partial charge < -0.3 is 10.2 Å². The second-order valence-electron chi connectivity index (χ2n) is 12.9. The summed E-state index contributed by atoms with van der Waals surface area (Å²) in [5, 5.41) is 20.8. The maximum Gasteiger partial charge on any atom is 0.0577 e. The average Bonchev–Trinajstić information content (AvgIpc) is 3.02. The molecule has 29 heavy (non-hydrogen) atoms. The van der Waals surface area contributed by atoms with Gasteiger partial charge >= 0.3 is 0 Å². The summed E-state index contributed by atoms with van der Waals surface area (Å²) < 4.78 is 0.